The van der Waals surface area contributed by atoms with Gasteiger partial charge in [-0.15, -0.1) is 0 Å². The summed E-state index contributed by atoms with van der Waals surface area (Å²) in [5, 5.41) is 9.03. The van der Waals surface area contributed by atoms with Crippen LogP contribution in [-0.2, 0) is 4.79 Å². The Morgan fingerprint density at radius 2 is 2.50 bits per heavy atom. The Hall–Kier alpha value is -1.33. The highest BCUT2D eigenvalue weighted by atomic mass is 16.4. The molecule has 0 aromatic carbocycles. The number of carboxylic acid groups (broad SMARTS) is 1. The molecule has 1 aliphatic heterocycles. The summed E-state index contributed by atoms with van der Waals surface area (Å²) in [4.78, 5) is 13.0. The van der Waals surface area contributed by atoms with Crippen molar-refractivity contribution in [2.75, 3.05) is 13.1 Å². The summed E-state index contributed by atoms with van der Waals surface area (Å²) < 4.78 is 5.31. The highest BCUT2D eigenvalue weighted by Crippen LogP contribution is 2.28. The molecule has 1 fully saturated rings. The molecule has 0 amide bonds. The van der Waals surface area contributed by atoms with E-state index in [0.29, 0.717) is 19.5 Å². The Morgan fingerprint density at radius 1 is 1.75 bits per heavy atom. The summed E-state index contributed by atoms with van der Waals surface area (Å²) in [6, 6.07) is 3.79. The molecule has 0 aliphatic carbocycles. The Balaban J connectivity index is 2.07. The number of hydrogen-bond donors (Lipinski definition) is 2. The zero-order valence-electron chi connectivity index (χ0n) is 9.22. The number of aliphatic carboxylic acids is 1. The first-order valence-electron chi connectivity index (χ1n) is 5.33. The molecule has 1 aliphatic rings. The molecule has 5 nitrogen and oxygen atoms in total. The van der Waals surface area contributed by atoms with E-state index in [-0.39, 0.29) is 6.04 Å². The second-order valence-electron chi connectivity index (χ2n) is 4.37. The van der Waals surface area contributed by atoms with Gasteiger partial charge in [-0.05, 0) is 25.5 Å². The molecular formula is C11H16N2O3. The number of rotatable bonds is 3. The summed E-state index contributed by atoms with van der Waals surface area (Å²) in [5.41, 5.74) is 4.70. The minimum atomic E-state index is -1.11. The Bertz CT molecular complexity index is 377. The van der Waals surface area contributed by atoms with Gasteiger partial charge >= 0.3 is 5.97 Å². The topological polar surface area (TPSA) is 79.7 Å². The number of furan rings is 1. The van der Waals surface area contributed by atoms with Gasteiger partial charge in [0.15, 0.2) is 0 Å². The van der Waals surface area contributed by atoms with E-state index in [1.165, 1.54) is 0 Å². The van der Waals surface area contributed by atoms with Crippen molar-refractivity contribution < 1.29 is 14.3 Å². The van der Waals surface area contributed by atoms with Crippen molar-refractivity contribution in [1.82, 2.24) is 4.90 Å². The molecule has 5 heteroatoms. The summed E-state index contributed by atoms with van der Waals surface area (Å²) in [6.07, 6.45) is 2.10. The van der Waals surface area contributed by atoms with Gasteiger partial charge in [-0.3, -0.25) is 9.69 Å². The lowest BCUT2D eigenvalue weighted by Gasteiger charge is -2.24. The van der Waals surface area contributed by atoms with Crippen LogP contribution in [0, 0.1) is 0 Å². The lowest BCUT2D eigenvalue weighted by atomic mass is 10.0. The molecule has 0 saturated carbocycles. The van der Waals surface area contributed by atoms with E-state index in [0.717, 1.165) is 5.76 Å². The fraction of sp³-hybridized carbons (Fsp3) is 0.545. The van der Waals surface area contributed by atoms with Crippen molar-refractivity contribution in [1.29, 1.82) is 0 Å². The summed E-state index contributed by atoms with van der Waals surface area (Å²) in [5.74, 6) is -0.0868. The molecule has 0 radical (unpaired) electrons. The van der Waals surface area contributed by atoms with Gasteiger partial charge in [0.2, 0.25) is 0 Å². The molecule has 16 heavy (non-hydrogen) atoms. The molecule has 1 aromatic heterocycles. The molecule has 1 aromatic rings. The van der Waals surface area contributed by atoms with Crippen molar-refractivity contribution >= 4 is 5.97 Å². The highest BCUT2D eigenvalue weighted by molar-refractivity contribution is 5.79. The van der Waals surface area contributed by atoms with Crippen molar-refractivity contribution in [3.05, 3.63) is 24.2 Å². The first-order chi connectivity index (χ1) is 7.53. The first kappa shape index (κ1) is 11.2. The van der Waals surface area contributed by atoms with Crippen LogP contribution in [0.25, 0.3) is 0 Å². The van der Waals surface area contributed by atoms with Crippen LogP contribution < -0.4 is 5.73 Å². The Morgan fingerprint density at radius 3 is 3.00 bits per heavy atom. The zero-order valence-corrected chi connectivity index (χ0v) is 9.22. The zero-order chi connectivity index (χ0) is 11.8. The molecule has 3 N–H and O–H groups in total. The molecule has 2 heterocycles. The molecule has 2 atom stereocenters. The summed E-state index contributed by atoms with van der Waals surface area (Å²) in [6.45, 7) is 3.04. The molecule has 88 valence electrons. The first-order valence-corrected chi connectivity index (χ1v) is 5.33. The third-order valence-corrected chi connectivity index (χ3v) is 3.26. The minimum absolute atomic E-state index is 0.0692. The van der Waals surface area contributed by atoms with Crippen LogP contribution in [0.1, 0.15) is 25.1 Å². The van der Waals surface area contributed by atoms with Gasteiger partial charge in [-0.1, -0.05) is 0 Å². The van der Waals surface area contributed by atoms with Crippen molar-refractivity contribution in [2.45, 2.75) is 24.9 Å². The van der Waals surface area contributed by atoms with E-state index in [4.69, 9.17) is 15.3 Å². The average Bonchev–Trinajstić information content (AvgIpc) is 2.85. The van der Waals surface area contributed by atoms with Gasteiger partial charge in [0.05, 0.1) is 12.3 Å². The van der Waals surface area contributed by atoms with Crippen LogP contribution in [0.5, 0.6) is 0 Å². The standard InChI is InChI=1S/C11H16N2O3/c1-8(9-3-2-6-16-9)13-5-4-11(12,7-13)10(14)15/h2-3,6,8H,4-5,7,12H2,1H3,(H,14,15). The molecule has 0 bridgehead atoms. The highest BCUT2D eigenvalue weighted by Gasteiger charge is 2.43. The third kappa shape index (κ3) is 1.83. The fourth-order valence-corrected chi connectivity index (χ4v) is 2.08. The van der Waals surface area contributed by atoms with E-state index in [9.17, 15) is 4.79 Å². The number of nitrogens with two attached hydrogens (primary N) is 1. The van der Waals surface area contributed by atoms with E-state index < -0.39 is 11.5 Å². The quantitative estimate of drug-likeness (QED) is 0.794. The van der Waals surface area contributed by atoms with Gasteiger partial charge in [0.25, 0.3) is 0 Å². The maximum absolute atomic E-state index is 11.0. The lowest BCUT2D eigenvalue weighted by molar-refractivity contribution is -0.142. The predicted molar refractivity (Wildman–Crippen MR) is 57.9 cm³/mol. The van der Waals surface area contributed by atoms with Crippen molar-refractivity contribution in [3.63, 3.8) is 0 Å². The molecule has 0 spiro atoms. The van der Waals surface area contributed by atoms with Crippen LogP contribution >= 0.6 is 0 Å². The van der Waals surface area contributed by atoms with Crippen molar-refractivity contribution in [2.24, 2.45) is 5.73 Å². The second-order valence-corrected chi connectivity index (χ2v) is 4.37. The van der Waals surface area contributed by atoms with E-state index >= 15 is 0 Å². The van der Waals surface area contributed by atoms with Crippen molar-refractivity contribution in [3.8, 4) is 0 Å². The number of likely N-dealkylation sites (tertiary alicyclic amines) is 1. The maximum Gasteiger partial charge on any atom is 0.325 e. The van der Waals surface area contributed by atoms with E-state index in [1.807, 2.05) is 24.0 Å². The largest absolute Gasteiger partial charge is 0.480 e. The van der Waals surface area contributed by atoms with Crippen LogP contribution in [0.15, 0.2) is 22.8 Å². The van der Waals surface area contributed by atoms with Gasteiger partial charge in [0.1, 0.15) is 11.3 Å². The van der Waals surface area contributed by atoms with Gasteiger partial charge in [0, 0.05) is 13.1 Å². The van der Waals surface area contributed by atoms with Gasteiger partial charge in [-0.2, -0.15) is 0 Å². The Kier molecular flexibility index (Phi) is 2.73. The maximum atomic E-state index is 11.0. The monoisotopic (exact) mass is 224 g/mol. The Labute approximate surface area is 93.8 Å². The summed E-state index contributed by atoms with van der Waals surface area (Å²) in [7, 11) is 0. The second kappa shape index (κ2) is 3.92. The number of carbonyl (C=O) groups is 1. The smallest absolute Gasteiger partial charge is 0.325 e. The molecule has 2 rings (SSSR count). The van der Waals surface area contributed by atoms with Gasteiger partial charge < -0.3 is 15.3 Å². The van der Waals surface area contributed by atoms with Crippen LogP contribution in [-0.4, -0.2) is 34.6 Å². The van der Waals surface area contributed by atoms with Crippen LogP contribution in [0.2, 0.25) is 0 Å². The van der Waals surface area contributed by atoms with E-state index in [1.54, 1.807) is 6.26 Å². The average molecular weight is 224 g/mol. The molecular weight excluding hydrogens is 208 g/mol. The third-order valence-electron chi connectivity index (χ3n) is 3.26. The minimum Gasteiger partial charge on any atom is -0.480 e. The molecule has 2 unspecified atom stereocenters. The number of nitrogens with zero attached hydrogens (tertiary/aromatic N) is 1. The van der Waals surface area contributed by atoms with Crippen LogP contribution in [0.4, 0.5) is 0 Å². The number of hydrogen-bond acceptors (Lipinski definition) is 4. The van der Waals surface area contributed by atoms with E-state index in [2.05, 4.69) is 0 Å². The van der Waals surface area contributed by atoms with Crippen LogP contribution in [0.3, 0.4) is 0 Å². The number of carboxylic acids is 1. The molecule has 1 saturated heterocycles. The SMILES string of the molecule is CC(c1ccco1)N1CCC(N)(C(=O)O)C1. The normalized spacial score (nSPS) is 28.1. The summed E-state index contributed by atoms with van der Waals surface area (Å²) >= 11 is 0. The lowest BCUT2D eigenvalue weighted by Crippen LogP contribution is -2.50. The fourth-order valence-electron chi connectivity index (χ4n) is 2.08. The van der Waals surface area contributed by atoms with Gasteiger partial charge in [-0.25, -0.2) is 0 Å². The predicted octanol–water partition coefficient (Wildman–Crippen LogP) is 0.828.